The lowest BCUT2D eigenvalue weighted by molar-refractivity contribution is 0.696. The van der Waals surface area contributed by atoms with Crippen molar-refractivity contribution >= 4 is 11.3 Å². The van der Waals surface area contributed by atoms with E-state index in [0.717, 1.165) is 12.1 Å². The molecule has 0 fully saturated rings. The SMILES string of the molecule is CCc1cccc(C(NC)c2scnc2C)c1. The van der Waals surface area contributed by atoms with Gasteiger partial charge in [-0.1, -0.05) is 31.2 Å². The first-order chi connectivity index (χ1) is 8.26. The Morgan fingerprint density at radius 3 is 2.82 bits per heavy atom. The average Bonchev–Trinajstić information content (AvgIpc) is 2.77. The van der Waals surface area contributed by atoms with Crippen molar-refractivity contribution in [3.63, 3.8) is 0 Å². The summed E-state index contributed by atoms with van der Waals surface area (Å²) in [5, 5.41) is 3.38. The molecule has 0 aliphatic rings. The zero-order valence-electron chi connectivity index (χ0n) is 10.5. The van der Waals surface area contributed by atoms with Gasteiger partial charge >= 0.3 is 0 Å². The Kier molecular flexibility index (Phi) is 3.92. The van der Waals surface area contributed by atoms with Crippen LogP contribution in [0, 0.1) is 6.92 Å². The maximum Gasteiger partial charge on any atom is 0.0798 e. The van der Waals surface area contributed by atoms with E-state index in [1.54, 1.807) is 11.3 Å². The van der Waals surface area contributed by atoms with Crippen molar-refractivity contribution < 1.29 is 0 Å². The Morgan fingerprint density at radius 2 is 2.24 bits per heavy atom. The fourth-order valence-electron chi connectivity index (χ4n) is 2.03. The number of thiazole rings is 1. The zero-order chi connectivity index (χ0) is 12.3. The molecule has 1 aromatic carbocycles. The second kappa shape index (κ2) is 5.43. The van der Waals surface area contributed by atoms with Crippen molar-refractivity contribution in [1.82, 2.24) is 10.3 Å². The van der Waals surface area contributed by atoms with Crippen molar-refractivity contribution in [2.45, 2.75) is 26.3 Å². The third-order valence-electron chi connectivity index (χ3n) is 3.03. The lowest BCUT2D eigenvalue weighted by atomic mass is 10.0. The molecule has 0 saturated heterocycles. The monoisotopic (exact) mass is 246 g/mol. The smallest absolute Gasteiger partial charge is 0.0798 e. The van der Waals surface area contributed by atoms with Crippen LogP contribution in [0.5, 0.6) is 0 Å². The molecular weight excluding hydrogens is 228 g/mol. The summed E-state index contributed by atoms with van der Waals surface area (Å²) < 4.78 is 0. The number of aryl methyl sites for hydroxylation is 2. The maximum absolute atomic E-state index is 4.33. The largest absolute Gasteiger partial charge is 0.309 e. The summed E-state index contributed by atoms with van der Waals surface area (Å²) in [6, 6.07) is 9.03. The third-order valence-corrected chi connectivity index (χ3v) is 4.02. The van der Waals surface area contributed by atoms with Gasteiger partial charge in [0.05, 0.1) is 17.2 Å². The lowest BCUT2D eigenvalue weighted by Gasteiger charge is -2.16. The van der Waals surface area contributed by atoms with E-state index in [-0.39, 0.29) is 6.04 Å². The molecule has 2 aromatic rings. The highest BCUT2D eigenvalue weighted by atomic mass is 32.1. The summed E-state index contributed by atoms with van der Waals surface area (Å²) in [4.78, 5) is 5.64. The van der Waals surface area contributed by atoms with Crippen LogP contribution in [0.15, 0.2) is 29.8 Å². The maximum atomic E-state index is 4.33. The molecule has 0 aliphatic heterocycles. The molecule has 17 heavy (non-hydrogen) atoms. The number of aromatic nitrogens is 1. The molecule has 3 heteroatoms. The van der Waals surface area contributed by atoms with E-state index in [1.165, 1.54) is 16.0 Å². The third kappa shape index (κ3) is 2.56. The number of nitrogens with zero attached hydrogens (tertiary/aromatic N) is 1. The molecule has 0 saturated carbocycles. The minimum Gasteiger partial charge on any atom is -0.309 e. The fraction of sp³-hybridized carbons (Fsp3) is 0.357. The Labute approximate surface area is 107 Å². The van der Waals surface area contributed by atoms with Crippen LogP contribution in [0.3, 0.4) is 0 Å². The lowest BCUT2D eigenvalue weighted by Crippen LogP contribution is -2.17. The van der Waals surface area contributed by atoms with Gasteiger partial charge in [-0.15, -0.1) is 11.3 Å². The summed E-state index contributed by atoms with van der Waals surface area (Å²) in [5.41, 5.74) is 5.74. The van der Waals surface area contributed by atoms with Crippen LogP contribution in [0.1, 0.15) is 34.7 Å². The van der Waals surface area contributed by atoms with Crippen molar-refractivity contribution in [3.05, 3.63) is 51.5 Å². The summed E-state index contributed by atoms with van der Waals surface area (Å²) in [5.74, 6) is 0. The van der Waals surface area contributed by atoms with E-state index >= 15 is 0 Å². The van der Waals surface area contributed by atoms with Gasteiger partial charge in [-0.25, -0.2) is 4.98 Å². The number of benzene rings is 1. The highest BCUT2D eigenvalue weighted by Gasteiger charge is 2.16. The van der Waals surface area contributed by atoms with E-state index in [4.69, 9.17) is 0 Å². The van der Waals surface area contributed by atoms with E-state index in [2.05, 4.69) is 48.4 Å². The average molecular weight is 246 g/mol. The van der Waals surface area contributed by atoms with Crippen molar-refractivity contribution in [3.8, 4) is 0 Å². The molecule has 0 amide bonds. The van der Waals surface area contributed by atoms with Crippen LogP contribution < -0.4 is 5.32 Å². The zero-order valence-corrected chi connectivity index (χ0v) is 11.3. The predicted octanol–water partition coefficient (Wildman–Crippen LogP) is 3.32. The van der Waals surface area contributed by atoms with Gasteiger partial charge in [0.25, 0.3) is 0 Å². The van der Waals surface area contributed by atoms with Crippen molar-refractivity contribution in [2.75, 3.05) is 7.05 Å². The van der Waals surface area contributed by atoms with Gasteiger partial charge < -0.3 is 5.32 Å². The summed E-state index contributed by atoms with van der Waals surface area (Å²) in [6.45, 7) is 4.26. The van der Waals surface area contributed by atoms with Crippen LogP contribution in [-0.2, 0) is 6.42 Å². The molecule has 0 aliphatic carbocycles. The molecule has 0 radical (unpaired) electrons. The highest BCUT2D eigenvalue weighted by molar-refractivity contribution is 7.09. The molecule has 1 unspecified atom stereocenters. The summed E-state index contributed by atoms with van der Waals surface area (Å²) in [6.07, 6.45) is 1.08. The Hall–Kier alpha value is -1.19. The Bertz CT molecular complexity index is 490. The molecule has 1 heterocycles. The second-order valence-corrected chi connectivity index (χ2v) is 5.01. The fourth-order valence-corrected chi connectivity index (χ4v) is 2.97. The van der Waals surface area contributed by atoms with Crippen LogP contribution in [0.2, 0.25) is 0 Å². The first-order valence-electron chi connectivity index (χ1n) is 5.92. The number of hydrogen-bond acceptors (Lipinski definition) is 3. The van der Waals surface area contributed by atoms with Gasteiger partial charge in [0.1, 0.15) is 0 Å². The number of nitrogens with one attached hydrogen (secondary N) is 1. The first kappa shape index (κ1) is 12.3. The molecule has 0 spiro atoms. The normalized spacial score (nSPS) is 12.6. The molecule has 1 aromatic heterocycles. The van der Waals surface area contributed by atoms with E-state index in [0.29, 0.717) is 0 Å². The molecule has 0 bridgehead atoms. The molecule has 1 N–H and O–H groups in total. The van der Waals surface area contributed by atoms with Gasteiger partial charge in [-0.05, 0) is 31.5 Å². The van der Waals surface area contributed by atoms with Crippen LogP contribution in [-0.4, -0.2) is 12.0 Å². The van der Waals surface area contributed by atoms with Gasteiger partial charge in [0.15, 0.2) is 0 Å². The van der Waals surface area contributed by atoms with Gasteiger partial charge in [0, 0.05) is 4.88 Å². The summed E-state index contributed by atoms with van der Waals surface area (Å²) in [7, 11) is 2.00. The number of rotatable bonds is 4. The topological polar surface area (TPSA) is 24.9 Å². The summed E-state index contributed by atoms with van der Waals surface area (Å²) >= 11 is 1.72. The van der Waals surface area contributed by atoms with Crippen LogP contribution in [0.25, 0.3) is 0 Å². The van der Waals surface area contributed by atoms with Crippen LogP contribution in [0.4, 0.5) is 0 Å². The van der Waals surface area contributed by atoms with E-state index < -0.39 is 0 Å². The predicted molar refractivity (Wildman–Crippen MR) is 73.6 cm³/mol. The Balaban J connectivity index is 2.38. The molecule has 1 atom stereocenters. The molecule has 2 nitrogen and oxygen atoms in total. The minimum absolute atomic E-state index is 0.258. The van der Waals surface area contributed by atoms with E-state index in [9.17, 15) is 0 Å². The number of hydrogen-bond donors (Lipinski definition) is 1. The van der Waals surface area contributed by atoms with Crippen molar-refractivity contribution in [1.29, 1.82) is 0 Å². The molecular formula is C14H18N2S. The molecule has 90 valence electrons. The first-order valence-corrected chi connectivity index (χ1v) is 6.80. The second-order valence-electron chi connectivity index (χ2n) is 4.12. The Morgan fingerprint density at radius 1 is 1.41 bits per heavy atom. The minimum atomic E-state index is 0.258. The quantitative estimate of drug-likeness (QED) is 0.895. The van der Waals surface area contributed by atoms with Crippen molar-refractivity contribution in [2.24, 2.45) is 0 Å². The van der Waals surface area contributed by atoms with Gasteiger partial charge in [-0.3, -0.25) is 0 Å². The van der Waals surface area contributed by atoms with Gasteiger partial charge in [0.2, 0.25) is 0 Å². The highest BCUT2D eigenvalue weighted by Crippen LogP contribution is 2.28. The standard InChI is InChI=1S/C14H18N2S/c1-4-11-6-5-7-12(8-11)13(15-3)14-10(2)16-9-17-14/h5-9,13,15H,4H2,1-3H3. The molecule has 2 rings (SSSR count). The van der Waals surface area contributed by atoms with E-state index in [1.807, 2.05) is 12.6 Å². The van der Waals surface area contributed by atoms with Gasteiger partial charge in [-0.2, -0.15) is 0 Å². The van der Waals surface area contributed by atoms with Crippen LogP contribution >= 0.6 is 11.3 Å².